The number of halogens is 1. The number of rotatable bonds is 7. The lowest BCUT2D eigenvalue weighted by Crippen LogP contribution is -2.40. The van der Waals surface area contributed by atoms with Gasteiger partial charge in [0.1, 0.15) is 11.6 Å². The van der Waals surface area contributed by atoms with Gasteiger partial charge in [0.15, 0.2) is 5.65 Å². The number of aromatic amines is 1. The van der Waals surface area contributed by atoms with Gasteiger partial charge in [-0.15, -0.1) is 0 Å². The van der Waals surface area contributed by atoms with Gasteiger partial charge < -0.3 is 14.4 Å². The monoisotopic (exact) mass is 474 g/mol. The summed E-state index contributed by atoms with van der Waals surface area (Å²) in [7, 11) is 0. The number of H-pyrrole nitrogens is 1. The van der Waals surface area contributed by atoms with Gasteiger partial charge >= 0.3 is 0 Å². The first-order valence-corrected chi connectivity index (χ1v) is 11.8. The smallest absolute Gasteiger partial charge is 0.254 e. The topological polar surface area (TPSA) is 80.3 Å². The molecule has 1 saturated heterocycles. The minimum atomic E-state index is -0.381. The molecule has 5 rings (SSSR count). The van der Waals surface area contributed by atoms with E-state index < -0.39 is 0 Å². The molecule has 1 N–H and O–H groups in total. The van der Waals surface area contributed by atoms with E-state index in [0.717, 1.165) is 29.4 Å². The van der Waals surface area contributed by atoms with E-state index in [1.54, 1.807) is 18.3 Å². The van der Waals surface area contributed by atoms with Gasteiger partial charge in [-0.05, 0) is 61.2 Å². The third-order valence-corrected chi connectivity index (χ3v) is 6.17. The van der Waals surface area contributed by atoms with Crippen LogP contribution in [0.5, 0.6) is 5.75 Å². The zero-order valence-corrected chi connectivity index (χ0v) is 19.6. The van der Waals surface area contributed by atoms with E-state index in [2.05, 4.69) is 15.2 Å². The average Bonchev–Trinajstić information content (AvgIpc) is 3.31. The van der Waals surface area contributed by atoms with Crippen molar-refractivity contribution in [1.82, 2.24) is 20.1 Å². The Kier molecular flexibility index (Phi) is 6.72. The van der Waals surface area contributed by atoms with Crippen molar-refractivity contribution in [3.63, 3.8) is 0 Å². The van der Waals surface area contributed by atoms with Gasteiger partial charge in [0, 0.05) is 30.2 Å². The van der Waals surface area contributed by atoms with Gasteiger partial charge in [-0.3, -0.25) is 9.89 Å². The highest BCUT2D eigenvalue weighted by Crippen LogP contribution is 2.35. The summed E-state index contributed by atoms with van der Waals surface area (Å²) in [4.78, 5) is 19.1. The first kappa shape index (κ1) is 23.0. The molecule has 0 radical (unpaired) electrons. The zero-order chi connectivity index (χ0) is 24.2. The summed E-state index contributed by atoms with van der Waals surface area (Å²) < 4.78 is 25.8. The summed E-state index contributed by atoms with van der Waals surface area (Å²) in [5.41, 5.74) is 4.19. The molecule has 1 aliphatic rings. The van der Waals surface area contributed by atoms with Crippen LogP contribution >= 0.6 is 0 Å². The highest BCUT2D eigenvalue weighted by Gasteiger charge is 2.20. The standard InChI is InChI=1S/C27H27FN4O3/c1-2-35-23-8-4-7-22(28)24(23)25-21-16-19(17-29-26(21)31-30-25)10-9-18-5-3-6-20(15-18)27(33)32-11-13-34-14-12-32/h3-8,15-17H,2,9-14H2,1H3,(H,29,30,31). The maximum Gasteiger partial charge on any atom is 0.254 e. The number of aryl methyl sites for hydroxylation is 2. The van der Waals surface area contributed by atoms with Crippen LogP contribution in [-0.4, -0.2) is 58.9 Å². The molecule has 0 spiro atoms. The second-order valence-corrected chi connectivity index (χ2v) is 8.46. The summed E-state index contributed by atoms with van der Waals surface area (Å²) in [6.45, 7) is 4.69. The maximum atomic E-state index is 14.8. The molecule has 1 amide bonds. The molecular weight excluding hydrogens is 447 g/mol. The van der Waals surface area contributed by atoms with Crippen molar-refractivity contribution in [2.75, 3.05) is 32.9 Å². The molecule has 8 heteroatoms. The van der Waals surface area contributed by atoms with Crippen LogP contribution in [0.2, 0.25) is 0 Å². The number of carbonyl (C=O) groups excluding carboxylic acids is 1. The average molecular weight is 475 g/mol. The van der Waals surface area contributed by atoms with E-state index in [9.17, 15) is 9.18 Å². The Bertz CT molecular complexity index is 1350. The van der Waals surface area contributed by atoms with E-state index in [1.165, 1.54) is 6.07 Å². The number of nitrogens with one attached hydrogen (secondary N) is 1. The highest BCUT2D eigenvalue weighted by molar-refractivity contribution is 5.94. The Morgan fingerprint density at radius 2 is 1.91 bits per heavy atom. The number of aromatic nitrogens is 3. The minimum Gasteiger partial charge on any atom is -0.493 e. The zero-order valence-electron chi connectivity index (χ0n) is 19.6. The molecular formula is C27H27FN4O3. The normalized spacial score (nSPS) is 13.8. The van der Waals surface area contributed by atoms with E-state index in [0.29, 0.717) is 61.1 Å². The van der Waals surface area contributed by atoms with E-state index in [-0.39, 0.29) is 11.7 Å². The molecule has 35 heavy (non-hydrogen) atoms. The van der Waals surface area contributed by atoms with Crippen molar-refractivity contribution < 1.29 is 18.7 Å². The van der Waals surface area contributed by atoms with Gasteiger partial charge in [-0.25, -0.2) is 9.37 Å². The third-order valence-electron chi connectivity index (χ3n) is 6.17. The van der Waals surface area contributed by atoms with Crippen LogP contribution in [0.15, 0.2) is 54.7 Å². The summed E-state index contributed by atoms with van der Waals surface area (Å²) in [5, 5.41) is 7.94. The van der Waals surface area contributed by atoms with Crippen molar-refractivity contribution in [2.45, 2.75) is 19.8 Å². The number of benzene rings is 2. The number of nitrogens with zero attached hydrogens (tertiary/aromatic N) is 3. The fourth-order valence-corrected chi connectivity index (χ4v) is 4.39. The van der Waals surface area contributed by atoms with Crippen molar-refractivity contribution in [1.29, 1.82) is 0 Å². The molecule has 2 aromatic heterocycles. The highest BCUT2D eigenvalue weighted by atomic mass is 19.1. The first-order valence-electron chi connectivity index (χ1n) is 11.8. The van der Waals surface area contributed by atoms with Gasteiger partial charge in [0.2, 0.25) is 0 Å². The Morgan fingerprint density at radius 3 is 2.74 bits per heavy atom. The maximum absolute atomic E-state index is 14.8. The molecule has 0 unspecified atom stereocenters. The lowest BCUT2D eigenvalue weighted by atomic mass is 10.0. The van der Waals surface area contributed by atoms with Gasteiger partial charge in [0.05, 0.1) is 31.1 Å². The number of hydrogen-bond acceptors (Lipinski definition) is 5. The van der Waals surface area contributed by atoms with Gasteiger partial charge in [-0.1, -0.05) is 18.2 Å². The number of carbonyl (C=O) groups is 1. The third kappa shape index (κ3) is 4.88. The van der Waals surface area contributed by atoms with Crippen LogP contribution in [0.4, 0.5) is 4.39 Å². The molecule has 0 atom stereocenters. The first-order chi connectivity index (χ1) is 17.1. The lowest BCUT2D eigenvalue weighted by Gasteiger charge is -2.27. The molecule has 3 heterocycles. The number of morpholine rings is 1. The van der Waals surface area contributed by atoms with Crippen molar-refractivity contribution >= 4 is 16.9 Å². The molecule has 1 fully saturated rings. The van der Waals surface area contributed by atoms with Crippen LogP contribution in [0.3, 0.4) is 0 Å². The molecule has 1 aliphatic heterocycles. The summed E-state index contributed by atoms with van der Waals surface area (Å²) >= 11 is 0. The Morgan fingerprint density at radius 1 is 1.11 bits per heavy atom. The SMILES string of the molecule is CCOc1cccc(F)c1-c1[nH]nc2ncc(CCc3cccc(C(=O)N4CCOCC4)c3)cc12. The Balaban J connectivity index is 1.37. The molecule has 0 aliphatic carbocycles. The summed E-state index contributed by atoms with van der Waals surface area (Å²) in [6.07, 6.45) is 3.26. The van der Waals surface area contributed by atoms with Gasteiger partial charge in [-0.2, -0.15) is 5.10 Å². The second kappa shape index (κ2) is 10.2. The fraction of sp³-hybridized carbons (Fsp3) is 0.296. The summed E-state index contributed by atoms with van der Waals surface area (Å²) in [5.74, 6) is 0.120. The summed E-state index contributed by atoms with van der Waals surface area (Å²) in [6, 6.07) is 14.5. The van der Waals surface area contributed by atoms with Gasteiger partial charge in [0.25, 0.3) is 5.91 Å². The Hall–Kier alpha value is -3.78. The van der Waals surface area contributed by atoms with E-state index in [1.807, 2.05) is 42.2 Å². The van der Waals surface area contributed by atoms with Crippen LogP contribution in [0.25, 0.3) is 22.3 Å². The number of hydrogen-bond donors (Lipinski definition) is 1. The number of fused-ring (bicyclic) bond motifs is 1. The fourth-order valence-electron chi connectivity index (χ4n) is 4.39. The van der Waals surface area contributed by atoms with Crippen LogP contribution < -0.4 is 4.74 Å². The van der Waals surface area contributed by atoms with Crippen molar-refractivity contribution in [3.8, 4) is 17.0 Å². The predicted octanol–water partition coefficient (Wildman–Crippen LogP) is 4.42. The molecule has 0 saturated carbocycles. The molecule has 0 bridgehead atoms. The van der Waals surface area contributed by atoms with E-state index >= 15 is 0 Å². The number of ether oxygens (including phenoxy) is 2. The molecule has 180 valence electrons. The minimum absolute atomic E-state index is 0.0382. The largest absolute Gasteiger partial charge is 0.493 e. The number of amides is 1. The van der Waals surface area contributed by atoms with Crippen LogP contribution in [0, 0.1) is 5.82 Å². The predicted molar refractivity (Wildman–Crippen MR) is 131 cm³/mol. The van der Waals surface area contributed by atoms with E-state index in [4.69, 9.17) is 9.47 Å². The molecule has 2 aromatic carbocycles. The quantitative estimate of drug-likeness (QED) is 0.429. The number of pyridine rings is 1. The molecule has 7 nitrogen and oxygen atoms in total. The van der Waals surface area contributed by atoms with Crippen molar-refractivity contribution in [3.05, 3.63) is 77.2 Å². The Labute approximate surface area is 202 Å². The van der Waals surface area contributed by atoms with Crippen LogP contribution in [-0.2, 0) is 17.6 Å². The van der Waals surface area contributed by atoms with Crippen molar-refractivity contribution in [2.24, 2.45) is 0 Å². The lowest BCUT2D eigenvalue weighted by molar-refractivity contribution is 0.0303. The van der Waals surface area contributed by atoms with Crippen LogP contribution in [0.1, 0.15) is 28.4 Å². The molecule has 4 aromatic rings. The second-order valence-electron chi connectivity index (χ2n) is 8.46.